The predicted molar refractivity (Wildman–Crippen MR) is 118 cm³/mol. The molecule has 2 atom stereocenters. The number of carbonyl (C=O) groups excluding carboxylic acids is 2. The lowest BCUT2D eigenvalue weighted by molar-refractivity contribution is -0.153. The van der Waals surface area contributed by atoms with Gasteiger partial charge in [-0.2, -0.15) is 0 Å². The zero-order valence-corrected chi connectivity index (χ0v) is 18.5. The van der Waals surface area contributed by atoms with Crippen molar-refractivity contribution < 1.29 is 24.2 Å². The molecule has 0 rings (SSSR count). The van der Waals surface area contributed by atoms with Gasteiger partial charge in [0, 0.05) is 13.0 Å². The first kappa shape index (κ1) is 28.1. The molecule has 0 aromatic heterocycles. The van der Waals surface area contributed by atoms with Gasteiger partial charge in [0.25, 0.3) is 0 Å². The number of aliphatic hydroxyl groups is 1. The third kappa shape index (κ3) is 18.2. The fourth-order valence-electron chi connectivity index (χ4n) is 2.81. The van der Waals surface area contributed by atoms with Crippen LogP contribution in [-0.2, 0) is 19.1 Å². The van der Waals surface area contributed by atoms with Crippen LogP contribution in [0, 0.1) is 0 Å². The molecule has 30 heavy (non-hydrogen) atoms. The van der Waals surface area contributed by atoms with Crippen LogP contribution in [0.2, 0.25) is 0 Å². The maximum absolute atomic E-state index is 11.8. The molecule has 0 radical (unpaired) electrons. The Morgan fingerprint density at radius 1 is 0.900 bits per heavy atom. The number of ether oxygens (including phenoxy) is 2. The van der Waals surface area contributed by atoms with Gasteiger partial charge in [-0.1, -0.05) is 58.3 Å². The Labute approximate surface area is 180 Å². The molecule has 0 bridgehead atoms. The molecular weight excluding hydrogens is 388 g/mol. The first-order valence-corrected chi connectivity index (χ1v) is 11.2. The van der Waals surface area contributed by atoms with Crippen molar-refractivity contribution in [1.82, 2.24) is 0 Å². The summed E-state index contributed by atoms with van der Waals surface area (Å²) in [6, 6.07) is -0.819. The van der Waals surface area contributed by atoms with E-state index in [1.807, 2.05) is 0 Å². The fourth-order valence-corrected chi connectivity index (χ4v) is 2.81. The molecule has 176 valence electrons. The van der Waals surface area contributed by atoms with Crippen LogP contribution >= 0.6 is 0 Å². The molecule has 7 N–H and O–H groups in total. The molecule has 0 fully saturated rings. The van der Waals surface area contributed by atoms with Gasteiger partial charge in [-0.25, -0.2) is 0 Å². The minimum atomic E-state index is -1.07. The van der Waals surface area contributed by atoms with Gasteiger partial charge in [0.1, 0.15) is 25.4 Å². The van der Waals surface area contributed by atoms with Crippen LogP contribution < -0.4 is 17.2 Å². The lowest BCUT2D eigenvalue weighted by Gasteiger charge is -2.14. The molecule has 0 aliphatic rings. The number of aliphatic hydroxyl groups excluding tert-OH is 1. The Bertz CT molecular complexity index is 484. The highest BCUT2D eigenvalue weighted by molar-refractivity contribution is 5.76. The van der Waals surface area contributed by atoms with Crippen LogP contribution in [0.25, 0.3) is 0 Å². The van der Waals surface area contributed by atoms with Crippen molar-refractivity contribution in [1.29, 1.82) is 0 Å². The molecule has 9 heteroatoms. The number of carbonyl (C=O) groups is 2. The number of aliphatic imine (C=N–C) groups is 1. The van der Waals surface area contributed by atoms with Crippen molar-refractivity contribution >= 4 is 17.9 Å². The van der Waals surface area contributed by atoms with Crippen molar-refractivity contribution in [2.24, 2.45) is 22.2 Å². The molecule has 0 saturated heterocycles. The predicted octanol–water partition coefficient (Wildman–Crippen LogP) is 1.74. The maximum atomic E-state index is 11.8. The summed E-state index contributed by atoms with van der Waals surface area (Å²) in [6.45, 7) is 2.11. The number of unbranched alkanes of at least 4 members (excludes halogenated alkanes) is 8. The molecule has 0 aromatic rings. The molecule has 0 aliphatic carbocycles. The zero-order valence-electron chi connectivity index (χ0n) is 18.5. The lowest BCUT2D eigenvalue weighted by Crippen LogP contribution is -2.35. The minimum absolute atomic E-state index is 0.0124. The summed E-state index contributed by atoms with van der Waals surface area (Å²) in [5.74, 6) is -0.985. The summed E-state index contributed by atoms with van der Waals surface area (Å²) in [6.07, 6.45) is 10.7. The molecule has 0 aromatic carbocycles. The number of nitrogens with zero attached hydrogens (tertiary/aromatic N) is 1. The van der Waals surface area contributed by atoms with E-state index in [0.29, 0.717) is 25.8 Å². The van der Waals surface area contributed by atoms with Gasteiger partial charge in [0.2, 0.25) is 0 Å². The summed E-state index contributed by atoms with van der Waals surface area (Å²) >= 11 is 0. The summed E-state index contributed by atoms with van der Waals surface area (Å²) < 4.78 is 9.97. The van der Waals surface area contributed by atoms with E-state index >= 15 is 0 Å². The van der Waals surface area contributed by atoms with Gasteiger partial charge in [-0.3, -0.25) is 14.6 Å². The van der Waals surface area contributed by atoms with Crippen molar-refractivity contribution in [3.63, 3.8) is 0 Å². The van der Waals surface area contributed by atoms with Crippen molar-refractivity contribution in [2.45, 2.75) is 96.1 Å². The minimum Gasteiger partial charge on any atom is -0.463 e. The second kappa shape index (κ2) is 19.1. The van der Waals surface area contributed by atoms with Crippen molar-refractivity contribution in [3.8, 4) is 0 Å². The van der Waals surface area contributed by atoms with E-state index in [9.17, 15) is 14.7 Å². The van der Waals surface area contributed by atoms with E-state index < -0.39 is 18.1 Å². The van der Waals surface area contributed by atoms with E-state index in [-0.39, 0.29) is 25.1 Å². The molecule has 0 aliphatic heterocycles. The van der Waals surface area contributed by atoms with Gasteiger partial charge in [-0.05, 0) is 19.3 Å². The van der Waals surface area contributed by atoms with Crippen LogP contribution in [0.15, 0.2) is 4.99 Å². The van der Waals surface area contributed by atoms with Crippen LogP contribution in [-0.4, -0.2) is 54.9 Å². The summed E-state index contributed by atoms with van der Waals surface area (Å²) in [5.41, 5.74) is 16.1. The molecule has 1 unspecified atom stereocenters. The van der Waals surface area contributed by atoms with Crippen LogP contribution in [0.1, 0.15) is 84.0 Å². The van der Waals surface area contributed by atoms with E-state index in [0.717, 1.165) is 19.3 Å². The number of hydrogen-bond donors (Lipinski definition) is 4. The number of hydrogen-bond acceptors (Lipinski definition) is 7. The quantitative estimate of drug-likeness (QED) is 0.104. The van der Waals surface area contributed by atoms with Crippen LogP contribution in [0.4, 0.5) is 0 Å². The second-order valence-corrected chi connectivity index (χ2v) is 7.60. The molecular formula is C21H42N4O5. The average Bonchev–Trinajstić information content (AvgIpc) is 2.71. The normalized spacial score (nSPS) is 12.8. The van der Waals surface area contributed by atoms with Crippen molar-refractivity contribution in [2.75, 3.05) is 19.8 Å². The van der Waals surface area contributed by atoms with Gasteiger partial charge in [-0.15, -0.1) is 0 Å². The van der Waals surface area contributed by atoms with Crippen LogP contribution in [0.5, 0.6) is 0 Å². The SMILES string of the molecule is CCCCCCCCCCCC(=O)OCC(O)COC(=O)[C@@H](N)CCCN=C(N)N. The van der Waals surface area contributed by atoms with E-state index in [1.54, 1.807) is 0 Å². The fraction of sp³-hybridized carbons (Fsp3) is 0.857. The third-order valence-corrected chi connectivity index (χ3v) is 4.61. The molecule has 0 amide bonds. The smallest absolute Gasteiger partial charge is 0.323 e. The first-order chi connectivity index (χ1) is 14.4. The van der Waals surface area contributed by atoms with E-state index in [2.05, 4.69) is 11.9 Å². The third-order valence-electron chi connectivity index (χ3n) is 4.61. The topological polar surface area (TPSA) is 163 Å². The standard InChI is InChI=1S/C21H42N4O5/c1-2-3-4-5-6-7-8-9-10-13-19(27)29-15-17(26)16-30-20(28)18(22)12-11-14-25-21(23)24/h17-18,26H,2-16,22H2,1H3,(H4,23,24,25)/t17?,18-/m0/s1. The van der Waals surface area contributed by atoms with E-state index in [4.69, 9.17) is 26.7 Å². The highest BCUT2D eigenvalue weighted by atomic mass is 16.6. The first-order valence-electron chi connectivity index (χ1n) is 11.2. The number of guanidine groups is 1. The van der Waals surface area contributed by atoms with Gasteiger partial charge in [0.05, 0.1) is 0 Å². The number of esters is 2. The molecule has 9 nitrogen and oxygen atoms in total. The molecule has 0 spiro atoms. The Hall–Kier alpha value is -1.87. The highest BCUT2D eigenvalue weighted by Gasteiger charge is 2.17. The number of rotatable bonds is 19. The Balaban J connectivity index is 3.65. The Morgan fingerprint density at radius 2 is 1.47 bits per heavy atom. The Morgan fingerprint density at radius 3 is 2.07 bits per heavy atom. The largest absolute Gasteiger partial charge is 0.463 e. The molecule has 0 saturated carbocycles. The van der Waals surface area contributed by atoms with Gasteiger partial charge in [0.15, 0.2) is 5.96 Å². The second-order valence-electron chi connectivity index (χ2n) is 7.60. The van der Waals surface area contributed by atoms with Gasteiger partial charge < -0.3 is 31.8 Å². The summed E-state index contributed by atoms with van der Waals surface area (Å²) in [4.78, 5) is 27.3. The number of nitrogens with two attached hydrogens (primary N) is 3. The van der Waals surface area contributed by atoms with Crippen LogP contribution in [0.3, 0.4) is 0 Å². The highest BCUT2D eigenvalue weighted by Crippen LogP contribution is 2.10. The zero-order chi connectivity index (χ0) is 22.6. The Kier molecular flexibility index (Phi) is 17.9. The maximum Gasteiger partial charge on any atom is 0.323 e. The summed E-state index contributed by atoms with van der Waals surface area (Å²) in [5, 5.41) is 9.79. The van der Waals surface area contributed by atoms with E-state index in [1.165, 1.54) is 38.5 Å². The van der Waals surface area contributed by atoms with Gasteiger partial charge >= 0.3 is 11.9 Å². The van der Waals surface area contributed by atoms with Crippen molar-refractivity contribution in [3.05, 3.63) is 0 Å². The average molecular weight is 431 g/mol. The summed E-state index contributed by atoms with van der Waals surface area (Å²) in [7, 11) is 0. The molecule has 0 heterocycles. The lowest BCUT2D eigenvalue weighted by atomic mass is 10.1. The monoisotopic (exact) mass is 430 g/mol.